The Morgan fingerprint density at radius 3 is 2.45 bits per heavy atom. The lowest BCUT2D eigenvalue weighted by Crippen LogP contribution is -2.30. The molecule has 0 aliphatic carbocycles. The lowest BCUT2D eigenvalue weighted by atomic mass is 10.1. The monoisotopic (exact) mass is 441 g/mol. The van der Waals surface area contributed by atoms with Gasteiger partial charge in [-0.3, -0.25) is 13.9 Å². The molecule has 3 rings (SSSR count). The van der Waals surface area contributed by atoms with Crippen molar-refractivity contribution >= 4 is 32.5 Å². The Morgan fingerprint density at radius 1 is 1.13 bits per heavy atom. The third-order valence-corrected chi connectivity index (χ3v) is 7.08. The molecule has 0 aliphatic rings. The zero-order valence-corrected chi connectivity index (χ0v) is 19.0. The van der Waals surface area contributed by atoms with E-state index >= 15 is 0 Å². The topological polar surface area (TPSA) is 99.3 Å². The fraction of sp³-hybridized carbons (Fsp3) is 0.304. The van der Waals surface area contributed by atoms with Gasteiger partial charge in [-0.2, -0.15) is 0 Å². The van der Waals surface area contributed by atoms with Crippen molar-refractivity contribution < 1.29 is 13.2 Å². The average molecular weight is 442 g/mol. The maximum Gasteiger partial charge on any atom is 0.264 e. The summed E-state index contributed by atoms with van der Waals surface area (Å²) < 4.78 is 27.9. The van der Waals surface area contributed by atoms with Gasteiger partial charge in [-0.15, -0.1) is 0 Å². The minimum Gasteiger partial charge on any atom is -0.360 e. The van der Waals surface area contributed by atoms with Gasteiger partial charge < -0.3 is 10.3 Å². The first-order chi connectivity index (χ1) is 14.7. The van der Waals surface area contributed by atoms with E-state index in [4.69, 9.17) is 0 Å². The van der Waals surface area contributed by atoms with Crippen LogP contribution in [0.3, 0.4) is 0 Å². The number of pyridine rings is 1. The van der Waals surface area contributed by atoms with Crippen molar-refractivity contribution in [2.75, 3.05) is 17.9 Å². The molecule has 0 unspecified atom stereocenters. The second-order valence-electron chi connectivity index (χ2n) is 7.56. The number of nitrogens with zero attached hydrogens (tertiary/aromatic N) is 1. The van der Waals surface area contributed by atoms with E-state index in [1.165, 1.54) is 29.7 Å². The van der Waals surface area contributed by atoms with Crippen LogP contribution in [0.1, 0.15) is 41.3 Å². The summed E-state index contributed by atoms with van der Waals surface area (Å²) in [5.74, 6) is -0.475. The number of hydrogen-bond acceptors (Lipinski definition) is 4. The van der Waals surface area contributed by atoms with Crippen LogP contribution in [0.5, 0.6) is 0 Å². The number of amides is 1. The van der Waals surface area contributed by atoms with E-state index in [9.17, 15) is 18.0 Å². The zero-order valence-electron chi connectivity index (χ0n) is 18.2. The van der Waals surface area contributed by atoms with Crippen molar-refractivity contribution in [1.29, 1.82) is 0 Å². The number of fused-ring (bicyclic) bond motifs is 1. The van der Waals surface area contributed by atoms with Crippen molar-refractivity contribution in [2.24, 2.45) is 0 Å². The number of aryl methyl sites for hydroxylation is 2. The molecule has 1 heterocycles. The van der Waals surface area contributed by atoms with Gasteiger partial charge in [-0.05, 0) is 49.6 Å². The number of hydrogen-bond donors (Lipinski definition) is 2. The minimum atomic E-state index is -3.92. The highest BCUT2D eigenvalue weighted by molar-refractivity contribution is 7.92. The number of aromatic amines is 1. The van der Waals surface area contributed by atoms with E-state index in [1.54, 1.807) is 6.07 Å². The number of aromatic nitrogens is 1. The molecule has 31 heavy (non-hydrogen) atoms. The molecule has 1 aromatic heterocycles. The molecule has 0 aliphatic heterocycles. The van der Waals surface area contributed by atoms with Crippen molar-refractivity contribution in [2.45, 2.75) is 38.5 Å². The van der Waals surface area contributed by atoms with Gasteiger partial charge in [0.25, 0.3) is 15.9 Å². The second kappa shape index (κ2) is 8.93. The molecule has 0 atom stereocenters. The van der Waals surface area contributed by atoms with E-state index in [1.807, 2.05) is 39.0 Å². The quantitative estimate of drug-likeness (QED) is 0.548. The van der Waals surface area contributed by atoms with E-state index in [0.29, 0.717) is 17.7 Å². The van der Waals surface area contributed by atoms with Crippen LogP contribution in [-0.2, 0) is 10.0 Å². The van der Waals surface area contributed by atoms with Gasteiger partial charge in [-0.1, -0.05) is 31.5 Å². The first-order valence-corrected chi connectivity index (χ1v) is 11.6. The van der Waals surface area contributed by atoms with Crippen LogP contribution in [0.25, 0.3) is 10.9 Å². The zero-order chi connectivity index (χ0) is 22.8. The van der Waals surface area contributed by atoms with E-state index in [0.717, 1.165) is 24.0 Å². The highest BCUT2D eigenvalue weighted by Gasteiger charge is 2.25. The first-order valence-electron chi connectivity index (χ1n) is 10.2. The summed E-state index contributed by atoms with van der Waals surface area (Å²) in [6.45, 7) is 6.18. The number of nitrogens with one attached hydrogen (secondary N) is 2. The third kappa shape index (κ3) is 4.34. The molecule has 0 spiro atoms. The largest absolute Gasteiger partial charge is 0.360 e. The van der Waals surface area contributed by atoms with E-state index in [-0.39, 0.29) is 15.8 Å². The Labute approximate surface area is 182 Å². The van der Waals surface area contributed by atoms with Crippen LogP contribution in [0, 0.1) is 13.8 Å². The van der Waals surface area contributed by atoms with Crippen LogP contribution in [-0.4, -0.2) is 32.9 Å². The predicted octanol–water partition coefficient (Wildman–Crippen LogP) is 3.50. The summed E-state index contributed by atoms with van der Waals surface area (Å²) in [7, 11) is -2.42. The maximum atomic E-state index is 13.3. The lowest BCUT2D eigenvalue weighted by molar-refractivity contribution is 0.0952. The number of unbranched alkanes of at least 4 members (excludes halogenated alkanes) is 1. The van der Waals surface area contributed by atoms with Crippen molar-refractivity contribution in [3.63, 3.8) is 0 Å². The van der Waals surface area contributed by atoms with Crippen LogP contribution in [0.2, 0.25) is 0 Å². The van der Waals surface area contributed by atoms with Gasteiger partial charge in [0.2, 0.25) is 5.43 Å². The third-order valence-electron chi connectivity index (χ3n) is 5.33. The molecule has 7 nitrogen and oxygen atoms in total. The Balaban J connectivity index is 2.06. The van der Waals surface area contributed by atoms with Crippen LogP contribution in [0.4, 0.5) is 5.69 Å². The van der Waals surface area contributed by atoms with Gasteiger partial charge in [0.15, 0.2) is 0 Å². The van der Waals surface area contributed by atoms with Gasteiger partial charge in [0.05, 0.1) is 10.6 Å². The molecular weight excluding hydrogens is 414 g/mol. The summed E-state index contributed by atoms with van der Waals surface area (Å²) in [6, 6.07) is 9.90. The Hall–Kier alpha value is -3.13. The molecule has 2 N–H and O–H groups in total. The molecule has 0 saturated carbocycles. The van der Waals surface area contributed by atoms with Gasteiger partial charge in [0.1, 0.15) is 5.56 Å². The molecule has 8 heteroatoms. The molecule has 164 valence electrons. The van der Waals surface area contributed by atoms with Crippen molar-refractivity contribution in [3.8, 4) is 0 Å². The van der Waals surface area contributed by atoms with E-state index < -0.39 is 21.4 Å². The van der Waals surface area contributed by atoms with Crippen LogP contribution < -0.4 is 15.1 Å². The summed E-state index contributed by atoms with van der Waals surface area (Å²) >= 11 is 0. The number of H-pyrrole nitrogens is 1. The molecule has 0 saturated heterocycles. The fourth-order valence-electron chi connectivity index (χ4n) is 3.58. The molecule has 0 bridgehead atoms. The first kappa shape index (κ1) is 22.6. The summed E-state index contributed by atoms with van der Waals surface area (Å²) in [4.78, 5) is 28.2. The number of carbonyl (C=O) groups excluding carboxylic acids is 1. The Kier molecular flexibility index (Phi) is 6.50. The van der Waals surface area contributed by atoms with Crippen LogP contribution >= 0.6 is 0 Å². The van der Waals surface area contributed by atoms with Crippen molar-refractivity contribution in [1.82, 2.24) is 10.3 Å². The SMILES string of the molecule is CCCCNC(=O)c1c[nH]c2ccc(S(=O)(=O)N(C)c3c(C)cccc3C)cc2c1=O. The van der Waals surface area contributed by atoms with Gasteiger partial charge in [0, 0.05) is 30.7 Å². The number of para-hydroxylation sites is 1. The highest BCUT2D eigenvalue weighted by Crippen LogP contribution is 2.29. The maximum absolute atomic E-state index is 13.3. The smallest absolute Gasteiger partial charge is 0.264 e. The fourth-order valence-corrected chi connectivity index (χ4v) is 4.93. The van der Waals surface area contributed by atoms with Gasteiger partial charge in [-0.25, -0.2) is 8.42 Å². The summed E-state index contributed by atoms with van der Waals surface area (Å²) in [5.41, 5.74) is 2.17. The lowest BCUT2D eigenvalue weighted by Gasteiger charge is -2.23. The van der Waals surface area contributed by atoms with Gasteiger partial charge >= 0.3 is 0 Å². The van der Waals surface area contributed by atoms with Crippen LogP contribution in [0.15, 0.2) is 52.3 Å². The van der Waals surface area contributed by atoms with E-state index in [2.05, 4.69) is 10.3 Å². The number of benzene rings is 2. The second-order valence-corrected chi connectivity index (χ2v) is 9.53. The molecule has 0 fully saturated rings. The average Bonchev–Trinajstić information content (AvgIpc) is 2.73. The normalized spacial score (nSPS) is 11.5. The molecule has 3 aromatic rings. The number of anilines is 1. The summed E-state index contributed by atoms with van der Waals surface area (Å²) in [6.07, 6.45) is 3.09. The molecular formula is C23H27N3O4S. The number of carbonyl (C=O) groups is 1. The minimum absolute atomic E-state index is 0.0146. The number of rotatable bonds is 7. The van der Waals surface area contributed by atoms with Crippen molar-refractivity contribution in [3.05, 3.63) is 69.5 Å². The summed E-state index contributed by atoms with van der Waals surface area (Å²) in [5, 5.41) is 2.87. The molecule has 0 radical (unpaired) electrons. The molecule has 1 amide bonds. The standard InChI is InChI=1S/C23H27N3O4S/c1-5-6-12-24-23(28)19-14-25-20-11-10-17(13-18(20)22(19)27)31(29,30)26(4)21-15(2)8-7-9-16(21)3/h7-11,13-14H,5-6,12H2,1-4H3,(H,24,28)(H,25,27). The number of sulfonamides is 1. The Bertz CT molecular complexity index is 1280. The molecule has 2 aromatic carbocycles. The predicted molar refractivity (Wildman–Crippen MR) is 123 cm³/mol. The highest BCUT2D eigenvalue weighted by atomic mass is 32.2. The Morgan fingerprint density at radius 2 is 1.81 bits per heavy atom.